The van der Waals surface area contributed by atoms with E-state index in [0.717, 1.165) is 24.9 Å². The lowest BCUT2D eigenvalue weighted by Crippen LogP contribution is -2.35. The third-order valence-electron chi connectivity index (χ3n) is 5.23. The molecule has 5 heteroatoms. The van der Waals surface area contributed by atoms with Gasteiger partial charge in [-0.15, -0.1) is 0 Å². The molecule has 110 valence electrons. The molecule has 1 aliphatic carbocycles. The Bertz CT molecular complexity index is 598. The van der Waals surface area contributed by atoms with Gasteiger partial charge in [0.2, 0.25) is 0 Å². The van der Waals surface area contributed by atoms with E-state index in [4.69, 9.17) is 5.73 Å². The van der Waals surface area contributed by atoms with Crippen LogP contribution in [0.5, 0.6) is 0 Å². The Morgan fingerprint density at radius 2 is 1.90 bits per heavy atom. The van der Waals surface area contributed by atoms with E-state index >= 15 is 0 Å². The Labute approximate surface area is 123 Å². The van der Waals surface area contributed by atoms with Crippen LogP contribution in [0.25, 0.3) is 0 Å². The molecule has 5 nitrogen and oxygen atoms in total. The van der Waals surface area contributed by atoms with Crippen LogP contribution < -0.4 is 10.6 Å². The van der Waals surface area contributed by atoms with Gasteiger partial charge in [-0.25, -0.2) is 9.69 Å². The number of imide groups is 1. The molecule has 0 spiro atoms. The highest BCUT2D eigenvalue weighted by atomic mass is 16.2. The van der Waals surface area contributed by atoms with Crippen LogP contribution in [0.2, 0.25) is 0 Å². The molecule has 3 aliphatic rings. The summed E-state index contributed by atoms with van der Waals surface area (Å²) in [6.07, 6.45) is 3.42. The van der Waals surface area contributed by atoms with Gasteiger partial charge in [-0.3, -0.25) is 4.79 Å². The van der Waals surface area contributed by atoms with Crippen molar-refractivity contribution < 1.29 is 9.59 Å². The molecule has 2 N–H and O–H groups in total. The van der Waals surface area contributed by atoms with Crippen molar-refractivity contribution >= 4 is 17.6 Å². The van der Waals surface area contributed by atoms with Crippen LogP contribution in [0.1, 0.15) is 24.8 Å². The van der Waals surface area contributed by atoms with Gasteiger partial charge in [-0.1, -0.05) is 18.6 Å². The molecule has 0 aromatic heterocycles. The van der Waals surface area contributed by atoms with E-state index in [1.54, 1.807) is 4.90 Å². The topological polar surface area (TPSA) is 66.6 Å². The number of carbonyl (C=O) groups is 2. The van der Waals surface area contributed by atoms with Gasteiger partial charge in [-0.2, -0.15) is 0 Å². The summed E-state index contributed by atoms with van der Waals surface area (Å²) in [5.74, 6) is 0.856. The van der Waals surface area contributed by atoms with Gasteiger partial charge in [0.15, 0.2) is 0 Å². The molecule has 1 aromatic carbocycles. The lowest BCUT2D eigenvalue weighted by Gasteiger charge is -2.17. The number of fused-ring (bicyclic) bond motifs is 3. The molecular weight excluding hydrogens is 266 g/mol. The number of amides is 3. The second-order valence-electron chi connectivity index (χ2n) is 6.28. The summed E-state index contributed by atoms with van der Waals surface area (Å²) in [7, 11) is 0. The second-order valence-corrected chi connectivity index (χ2v) is 6.28. The van der Waals surface area contributed by atoms with Crippen molar-refractivity contribution in [1.82, 2.24) is 4.90 Å². The highest BCUT2D eigenvalue weighted by molar-refractivity contribution is 6.21. The number of rotatable bonds is 2. The van der Waals surface area contributed by atoms with Crippen molar-refractivity contribution in [3.05, 3.63) is 29.8 Å². The van der Waals surface area contributed by atoms with Crippen LogP contribution in [0.15, 0.2) is 24.3 Å². The van der Waals surface area contributed by atoms with Crippen molar-refractivity contribution in [2.45, 2.75) is 31.8 Å². The Morgan fingerprint density at radius 3 is 2.62 bits per heavy atom. The zero-order valence-corrected chi connectivity index (χ0v) is 11.9. The van der Waals surface area contributed by atoms with Gasteiger partial charge >= 0.3 is 6.03 Å². The minimum Gasteiger partial charge on any atom is -0.326 e. The smallest absolute Gasteiger partial charge is 0.326 e. The Hall–Kier alpha value is -1.88. The average Bonchev–Trinajstić information content (AvgIpc) is 3.13. The highest BCUT2D eigenvalue weighted by Gasteiger charge is 2.57. The molecule has 0 radical (unpaired) electrons. The van der Waals surface area contributed by atoms with E-state index in [0.29, 0.717) is 24.1 Å². The van der Waals surface area contributed by atoms with E-state index in [1.807, 2.05) is 24.3 Å². The minimum atomic E-state index is -0.223. The largest absolute Gasteiger partial charge is 0.332 e. The van der Waals surface area contributed by atoms with E-state index in [2.05, 4.69) is 0 Å². The first kappa shape index (κ1) is 12.8. The maximum absolute atomic E-state index is 12.7. The van der Waals surface area contributed by atoms with Crippen molar-refractivity contribution in [2.24, 2.45) is 17.6 Å². The maximum atomic E-state index is 12.7. The van der Waals surface area contributed by atoms with Crippen molar-refractivity contribution in [3.63, 3.8) is 0 Å². The van der Waals surface area contributed by atoms with Gasteiger partial charge in [0, 0.05) is 13.1 Å². The number of urea groups is 1. The molecule has 4 rings (SSSR count). The first-order valence-electron chi connectivity index (χ1n) is 7.64. The fraction of sp³-hybridized carbons (Fsp3) is 0.500. The first-order valence-corrected chi connectivity index (χ1v) is 7.64. The van der Waals surface area contributed by atoms with Crippen LogP contribution >= 0.6 is 0 Å². The number of anilines is 1. The normalized spacial score (nSPS) is 31.0. The second kappa shape index (κ2) is 4.56. The van der Waals surface area contributed by atoms with Crippen LogP contribution in [0.4, 0.5) is 10.5 Å². The third-order valence-corrected chi connectivity index (χ3v) is 5.23. The van der Waals surface area contributed by atoms with E-state index in [-0.39, 0.29) is 18.0 Å². The lowest BCUT2D eigenvalue weighted by molar-refractivity contribution is -0.120. The maximum Gasteiger partial charge on any atom is 0.332 e. The SMILES string of the molecule is NCc1ccc(N2C(=O)C3C4CCCC4CN3C2=O)cc1. The molecule has 21 heavy (non-hydrogen) atoms. The van der Waals surface area contributed by atoms with E-state index in [1.165, 1.54) is 11.3 Å². The highest BCUT2D eigenvalue weighted by Crippen LogP contribution is 2.46. The van der Waals surface area contributed by atoms with E-state index < -0.39 is 0 Å². The summed E-state index contributed by atoms with van der Waals surface area (Å²) in [5.41, 5.74) is 7.24. The standard InChI is InChI=1S/C16H19N3O2/c17-8-10-4-6-12(7-5-10)19-15(20)14-13-3-1-2-11(13)9-18(14)16(19)21/h4-7,11,13-14H,1-3,8-9,17H2. The molecule has 3 fully saturated rings. The third kappa shape index (κ3) is 1.73. The Morgan fingerprint density at radius 1 is 1.14 bits per heavy atom. The summed E-state index contributed by atoms with van der Waals surface area (Å²) >= 11 is 0. The van der Waals surface area contributed by atoms with Gasteiger partial charge in [0.1, 0.15) is 6.04 Å². The van der Waals surface area contributed by atoms with Crippen molar-refractivity contribution in [3.8, 4) is 0 Å². The fourth-order valence-electron chi connectivity index (χ4n) is 4.19. The molecule has 0 bridgehead atoms. The number of hydrogen-bond acceptors (Lipinski definition) is 3. The molecule has 2 saturated heterocycles. The molecule has 2 heterocycles. The van der Waals surface area contributed by atoms with Crippen molar-refractivity contribution in [2.75, 3.05) is 11.4 Å². The minimum absolute atomic E-state index is 0.0464. The van der Waals surface area contributed by atoms with Gasteiger partial charge in [-0.05, 0) is 42.4 Å². The number of hydrogen-bond donors (Lipinski definition) is 1. The molecular formula is C16H19N3O2. The number of benzene rings is 1. The summed E-state index contributed by atoms with van der Waals surface area (Å²) in [6, 6.07) is 6.99. The van der Waals surface area contributed by atoms with E-state index in [9.17, 15) is 9.59 Å². The summed E-state index contributed by atoms with van der Waals surface area (Å²) in [5, 5.41) is 0. The number of nitrogens with two attached hydrogens (primary N) is 1. The fourth-order valence-corrected chi connectivity index (χ4v) is 4.19. The molecule has 3 atom stereocenters. The molecule has 1 aromatic rings. The summed E-state index contributed by atoms with van der Waals surface area (Å²) in [4.78, 5) is 28.5. The summed E-state index contributed by atoms with van der Waals surface area (Å²) in [6.45, 7) is 1.21. The van der Waals surface area contributed by atoms with Crippen LogP contribution in [-0.2, 0) is 11.3 Å². The van der Waals surface area contributed by atoms with Gasteiger partial charge < -0.3 is 10.6 Å². The Balaban J connectivity index is 1.65. The van der Waals surface area contributed by atoms with Gasteiger partial charge in [0.25, 0.3) is 5.91 Å². The number of nitrogens with zero attached hydrogens (tertiary/aromatic N) is 2. The van der Waals surface area contributed by atoms with Crippen LogP contribution in [0.3, 0.4) is 0 Å². The predicted molar refractivity (Wildman–Crippen MR) is 78.5 cm³/mol. The van der Waals surface area contributed by atoms with Crippen LogP contribution in [0, 0.1) is 11.8 Å². The van der Waals surface area contributed by atoms with Crippen LogP contribution in [-0.4, -0.2) is 29.4 Å². The molecule has 2 aliphatic heterocycles. The summed E-state index contributed by atoms with van der Waals surface area (Å²) < 4.78 is 0. The molecule has 3 amide bonds. The molecule has 3 unspecified atom stereocenters. The van der Waals surface area contributed by atoms with Gasteiger partial charge in [0.05, 0.1) is 5.69 Å². The zero-order valence-electron chi connectivity index (χ0n) is 11.9. The number of carbonyl (C=O) groups excluding carboxylic acids is 2. The lowest BCUT2D eigenvalue weighted by atomic mass is 9.93. The predicted octanol–water partition coefficient (Wildman–Crippen LogP) is 1.71. The first-order chi connectivity index (χ1) is 10.2. The monoisotopic (exact) mass is 285 g/mol. The zero-order chi connectivity index (χ0) is 14.6. The Kier molecular flexibility index (Phi) is 2.79. The molecule has 1 saturated carbocycles. The average molecular weight is 285 g/mol. The quantitative estimate of drug-likeness (QED) is 0.841. The van der Waals surface area contributed by atoms with Crippen molar-refractivity contribution in [1.29, 1.82) is 0 Å².